The SMILES string of the molecule is Cc1cc(C)n(CC(=O)N(C)C(C)C)c(=O)c1C(=O)O. The molecule has 1 N–H and O–H groups in total. The molecular formula is C14H20N2O4. The van der Waals surface area contributed by atoms with Gasteiger partial charge >= 0.3 is 5.97 Å². The third-order valence-corrected chi connectivity index (χ3v) is 3.38. The molecule has 0 aromatic carbocycles. The predicted molar refractivity (Wildman–Crippen MR) is 75.0 cm³/mol. The fourth-order valence-electron chi connectivity index (χ4n) is 1.92. The lowest BCUT2D eigenvalue weighted by atomic mass is 10.1. The molecule has 1 amide bonds. The fourth-order valence-corrected chi connectivity index (χ4v) is 1.92. The molecule has 0 saturated heterocycles. The number of pyridine rings is 1. The molecule has 0 aliphatic heterocycles. The average molecular weight is 280 g/mol. The second-order valence-corrected chi connectivity index (χ2v) is 5.14. The van der Waals surface area contributed by atoms with Gasteiger partial charge in [-0.3, -0.25) is 9.59 Å². The summed E-state index contributed by atoms with van der Waals surface area (Å²) in [7, 11) is 1.65. The van der Waals surface area contributed by atoms with E-state index in [0.717, 1.165) is 0 Å². The molecule has 1 aromatic heterocycles. The van der Waals surface area contributed by atoms with Gasteiger partial charge in [0.05, 0.1) is 0 Å². The molecule has 0 aliphatic rings. The molecule has 0 unspecified atom stereocenters. The molecule has 1 heterocycles. The Kier molecular flexibility index (Phi) is 4.70. The van der Waals surface area contributed by atoms with E-state index in [1.54, 1.807) is 27.0 Å². The van der Waals surface area contributed by atoms with E-state index in [1.807, 2.05) is 13.8 Å². The largest absolute Gasteiger partial charge is 0.477 e. The summed E-state index contributed by atoms with van der Waals surface area (Å²) >= 11 is 0. The maximum atomic E-state index is 12.2. The van der Waals surface area contributed by atoms with Gasteiger partial charge in [-0.25, -0.2) is 4.79 Å². The third-order valence-electron chi connectivity index (χ3n) is 3.38. The normalized spacial score (nSPS) is 10.7. The highest BCUT2D eigenvalue weighted by Crippen LogP contribution is 2.07. The van der Waals surface area contributed by atoms with Crippen molar-refractivity contribution in [3.05, 3.63) is 33.2 Å². The molecule has 6 heteroatoms. The van der Waals surface area contributed by atoms with E-state index >= 15 is 0 Å². The van der Waals surface area contributed by atoms with E-state index in [-0.39, 0.29) is 24.1 Å². The van der Waals surface area contributed by atoms with Gasteiger partial charge in [0.2, 0.25) is 5.91 Å². The monoisotopic (exact) mass is 280 g/mol. The molecule has 0 aliphatic carbocycles. The van der Waals surface area contributed by atoms with Gasteiger partial charge in [-0.15, -0.1) is 0 Å². The lowest BCUT2D eigenvalue weighted by Crippen LogP contribution is -2.39. The minimum atomic E-state index is -1.27. The van der Waals surface area contributed by atoms with Crippen LogP contribution in [0.3, 0.4) is 0 Å². The summed E-state index contributed by atoms with van der Waals surface area (Å²) < 4.78 is 1.21. The van der Waals surface area contributed by atoms with Crippen molar-refractivity contribution in [2.24, 2.45) is 0 Å². The molecule has 20 heavy (non-hydrogen) atoms. The number of hydrogen-bond donors (Lipinski definition) is 1. The summed E-state index contributed by atoms with van der Waals surface area (Å²) in [4.78, 5) is 36.9. The van der Waals surface area contributed by atoms with E-state index in [0.29, 0.717) is 11.3 Å². The molecule has 0 spiro atoms. The second-order valence-electron chi connectivity index (χ2n) is 5.14. The van der Waals surface area contributed by atoms with Gasteiger partial charge in [-0.05, 0) is 39.3 Å². The molecule has 1 rings (SSSR count). The van der Waals surface area contributed by atoms with Crippen LogP contribution in [0.25, 0.3) is 0 Å². The lowest BCUT2D eigenvalue weighted by Gasteiger charge is -2.22. The molecule has 0 bridgehead atoms. The third kappa shape index (κ3) is 3.07. The van der Waals surface area contributed by atoms with Crippen LogP contribution < -0.4 is 5.56 Å². The first kappa shape index (κ1) is 15.9. The van der Waals surface area contributed by atoms with Crippen molar-refractivity contribution in [3.63, 3.8) is 0 Å². The summed E-state index contributed by atoms with van der Waals surface area (Å²) in [5, 5.41) is 9.08. The Hall–Kier alpha value is -2.11. The van der Waals surface area contributed by atoms with Crippen molar-refractivity contribution in [1.29, 1.82) is 0 Å². The van der Waals surface area contributed by atoms with Gasteiger partial charge in [0.15, 0.2) is 0 Å². The van der Waals surface area contributed by atoms with Crippen molar-refractivity contribution in [2.75, 3.05) is 7.05 Å². The van der Waals surface area contributed by atoms with Gasteiger partial charge < -0.3 is 14.6 Å². The van der Waals surface area contributed by atoms with Crippen LogP contribution in [-0.4, -0.2) is 39.5 Å². The summed E-state index contributed by atoms with van der Waals surface area (Å²) in [5.74, 6) is -1.50. The van der Waals surface area contributed by atoms with Crippen molar-refractivity contribution < 1.29 is 14.7 Å². The van der Waals surface area contributed by atoms with E-state index < -0.39 is 11.5 Å². The summed E-state index contributed by atoms with van der Waals surface area (Å²) in [6.45, 7) is 6.84. The first-order valence-electron chi connectivity index (χ1n) is 6.36. The number of likely N-dealkylation sites (N-methyl/N-ethyl adjacent to an activating group) is 1. The van der Waals surface area contributed by atoms with Crippen molar-refractivity contribution in [1.82, 2.24) is 9.47 Å². The zero-order valence-corrected chi connectivity index (χ0v) is 12.4. The first-order valence-corrected chi connectivity index (χ1v) is 6.36. The van der Waals surface area contributed by atoms with E-state index in [4.69, 9.17) is 5.11 Å². The number of rotatable bonds is 4. The maximum absolute atomic E-state index is 12.2. The number of carbonyl (C=O) groups excluding carboxylic acids is 1. The van der Waals surface area contributed by atoms with Crippen LogP contribution in [0.5, 0.6) is 0 Å². The Morgan fingerprint density at radius 1 is 1.35 bits per heavy atom. The van der Waals surface area contributed by atoms with Crippen molar-refractivity contribution in [2.45, 2.75) is 40.3 Å². The number of aryl methyl sites for hydroxylation is 2. The van der Waals surface area contributed by atoms with Crippen molar-refractivity contribution in [3.8, 4) is 0 Å². The number of hydrogen-bond acceptors (Lipinski definition) is 3. The van der Waals surface area contributed by atoms with Crippen LogP contribution in [0, 0.1) is 13.8 Å². The van der Waals surface area contributed by atoms with Crippen LogP contribution in [-0.2, 0) is 11.3 Å². The molecular weight excluding hydrogens is 260 g/mol. The van der Waals surface area contributed by atoms with Crippen molar-refractivity contribution >= 4 is 11.9 Å². The number of carboxylic acid groups (broad SMARTS) is 1. The zero-order valence-electron chi connectivity index (χ0n) is 12.4. The predicted octanol–water partition coefficient (Wildman–Crippen LogP) is 1.03. The van der Waals surface area contributed by atoms with Gasteiger partial charge in [0, 0.05) is 18.8 Å². The highest BCUT2D eigenvalue weighted by atomic mass is 16.4. The van der Waals surface area contributed by atoms with E-state index in [9.17, 15) is 14.4 Å². The number of aromatic nitrogens is 1. The molecule has 0 radical (unpaired) electrons. The number of aromatic carboxylic acids is 1. The maximum Gasteiger partial charge on any atom is 0.341 e. The summed E-state index contributed by atoms with van der Waals surface area (Å²) in [6.07, 6.45) is 0. The van der Waals surface area contributed by atoms with Gasteiger partial charge in [-0.2, -0.15) is 0 Å². The lowest BCUT2D eigenvalue weighted by molar-refractivity contribution is -0.132. The van der Waals surface area contributed by atoms with Crippen LogP contribution in [0.4, 0.5) is 0 Å². The number of carboxylic acids is 1. The molecule has 0 fully saturated rings. The Labute approximate surface area is 117 Å². The standard InChI is InChI=1S/C14H20N2O4/c1-8(2)15(5)11(17)7-16-10(4)6-9(3)12(13(16)18)14(19)20/h6,8H,7H2,1-5H3,(H,19,20). The average Bonchev–Trinajstić information content (AvgIpc) is 2.32. The van der Waals surface area contributed by atoms with E-state index in [2.05, 4.69) is 0 Å². The quantitative estimate of drug-likeness (QED) is 0.893. The molecule has 110 valence electrons. The second kappa shape index (κ2) is 5.90. The highest BCUT2D eigenvalue weighted by Gasteiger charge is 2.19. The highest BCUT2D eigenvalue weighted by molar-refractivity contribution is 5.89. The Morgan fingerprint density at radius 3 is 2.35 bits per heavy atom. The first-order chi connectivity index (χ1) is 9.16. The van der Waals surface area contributed by atoms with Crippen LogP contribution in [0.2, 0.25) is 0 Å². The Bertz CT molecular complexity index is 602. The molecule has 0 saturated carbocycles. The Balaban J connectivity index is 3.27. The summed E-state index contributed by atoms with van der Waals surface area (Å²) in [5.41, 5.74) is 0.0556. The minimum Gasteiger partial charge on any atom is -0.477 e. The van der Waals surface area contributed by atoms with Crippen LogP contribution in [0.1, 0.15) is 35.5 Å². The molecule has 6 nitrogen and oxygen atoms in total. The van der Waals surface area contributed by atoms with Gasteiger partial charge in [0.1, 0.15) is 12.1 Å². The van der Waals surface area contributed by atoms with Crippen LogP contribution in [0.15, 0.2) is 10.9 Å². The van der Waals surface area contributed by atoms with Gasteiger partial charge in [0.25, 0.3) is 5.56 Å². The number of amides is 1. The Morgan fingerprint density at radius 2 is 1.90 bits per heavy atom. The number of carbonyl (C=O) groups is 2. The fraction of sp³-hybridized carbons (Fsp3) is 0.500. The van der Waals surface area contributed by atoms with Gasteiger partial charge in [-0.1, -0.05) is 0 Å². The number of nitrogens with zero attached hydrogens (tertiary/aromatic N) is 2. The smallest absolute Gasteiger partial charge is 0.341 e. The summed E-state index contributed by atoms with van der Waals surface area (Å²) in [6, 6.07) is 1.62. The minimum absolute atomic E-state index is 0.0166. The van der Waals surface area contributed by atoms with E-state index in [1.165, 1.54) is 9.47 Å². The molecule has 1 aromatic rings. The topological polar surface area (TPSA) is 79.6 Å². The molecule has 0 atom stereocenters. The zero-order chi connectivity index (χ0) is 15.6. The van der Waals surface area contributed by atoms with Crippen LogP contribution >= 0.6 is 0 Å².